The Morgan fingerprint density at radius 1 is 1.05 bits per heavy atom. The maximum Gasteiger partial charge on any atom is 0.219 e. The number of ether oxygens (including phenoxy) is 1. The van der Waals surface area contributed by atoms with E-state index in [-0.39, 0.29) is 6.04 Å². The monoisotopic (exact) mass is 270 g/mol. The molecule has 3 nitrogen and oxygen atoms in total. The van der Waals surface area contributed by atoms with Crippen molar-refractivity contribution in [2.24, 2.45) is 5.73 Å². The van der Waals surface area contributed by atoms with Crippen LogP contribution in [0.4, 0.5) is 0 Å². The largest absolute Gasteiger partial charge is 0.439 e. The Labute approximate surface area is 120 Å². The average Bonchev–Trinajstić information content (AvgIpc) is 2.41. The summed E-state index contributed by atoms with van der Waals surface area (Å²) in [4.78, 5) is 4.25. The zero-order valence-corrected chi connectivity index (χ0v) is 12.6. The van der Waals surface area contributed by atoms with Gasteiger partial charge in [0, 0.05) is 18.3 Å². The second-order valence-electron chi connectivity index (χ2n) is 5.50. The number of hydrogen-bond donors (Lipinski definition) is 1. The van der Waals surface area contributed by atoms with Gasteiger partial charge in [0.1, 0.15) is 5.75 Å². The maximum absolute atomic E-state index is 5.92. The normalized spacial score (nSPS) is 12.5. The summed E-state index contributed by atoms with van der Waals surface area (Å²) < 4.78 is 5.92. The van der Waals surface area contributed by atoms with E-state index in [1.165, 1.54) is 5.56 Å². The van der Waals surface area contributed by atoms with Gasteiger partial charge < -0.3 is 10.5 Å². The van der Waals surface area contributed by atoms with Crippen molar-refractivity contribution in [2.45, 2.75) is 39.7 Å². The van der Waals surface area contributed by atoms with E-state index in [0.29, 0.717) is 11.8 Å². The standard InChI is InChI=1S/C17H22N2O/c1-11(2)14-6-5-12(3)16(9-14)20-17-10-15(13(4)18)7-8-19-17/h5-11,13H,18H2,1-4H3. The lowest BCUT2D eigenvalue weighted by atomic mass is 10.0. The van der Waals surface area contributed by atoms with E-state index in [1.807, 2.05) is 26.0 Å². The van der Waals surface area contributed by atoms with Crippen LogP contribution in [0.2, 0.25) is 0 Å². The van der Waals surface area contributed by atoms with Gasteiger partial charge in [0.25, 0.3) is 0 Å². The third kappa shape index (κ3) is 3.36. The van der Waals surface area contributed by atoms with Crippen LogP contribution in [-0.4, -0.2) is 4.98 Å². The van der Waals surface area contributed by atoms with E-state index in [4.69, 9.17) is 10.5 Å². The van der Waals surface area contributed by atoms with Crippen molar-refractivity contribution in [3.05, 3.63) is 53.2 Å². The highest BCUT2D eigenvalue weighted by Crippen LogP contribution is 2.28. The molecule has 2 rings (SSSR count). The van der Waals surface area contributed by atoms with Crippen LogP contribution in [0.1, 0.15) is 49.4 Å². The minimum absolute atomic E-state index is 0.0246. The molecule has 0 saturated carbocycles. The van der Waals surface area contributed by atoms with Gasteiger partial charge in [-0.1, -0.05) is 26.0 Å². The number of nitrogens with zero attached hydrogens (tertiary/aromatic N) is 1. The van der Waals surface area contributed by atoms with Crippen molar-refractivity contribution in [1.82, 2.24) is 4.98 Å². The quantitative estimate of drug-likeness (QED) is 0.899. The van der Waals surface area contributed by atoms with Crippen molar-refractivity contribution in [3.63, 3.8) is 0 Å². The van der Waals surface area contributed by atoms with Gasteiger partial charge in [0.15, 0.2) is 0 Å². The van der Waals surface area contributed by atoms with Crippen molar-refractivity contribution < 1.29 is 4.74 Å². The van der Waals surface area contributed by atoms with Gasteiger partial charge in [0.2, 0.25) is 5.88 Å². The van der Waals surface area contributed by atoms with E-state index < -0.39 is 0 Å². The van der Waals surface area contributed by atoms with Gasteiger partial charge >= 0.3 is 0 Å². The van der Waals surface area contributed by atoms with Crippen molar-refractivity contribution in [2.75, 3.05) is 0 Å². The Bertz CT molecular complexity index is 591. The molecule has 1 atom stereocenters. The molecular formula is C17H22N2O. The highest BCUT2D eigenvalue weighted by Gasteiger charge is 2.08. The topological polar surface area (TPSA) is 48.1 Å². The molecule has 0 fully saturated rings. The first-order chi connectivity index (χ1) is 9.47. The summed E-state index contributed by atoms with van der Waals surface area (Å²) in [6.45, 7) is 8.32. The Morgan fingerprint density at radius 2 is 1.80 bits per heavy atom. The zero-order chi connectivity index (χ0) is 14.7. The van der Waals surface area contributed by atoms with Gasteiger partial charge in [-0.2, -0.15) is 0 Å². The summed E-state index contributed by atoms with van der Waals surface area (Å²) in [5.74, 6) is 1.91. The fraction of sp³-hybridized carbons (Fsp3) is 0.353. The molecule has 0 aliphatic carbocycles. The fourth-order valence-corrected chi connectivity index (χ4v) is 1.96. The summed E-state index contributed by atoms with van der Waals surface area (Å²) in [6.07, 6.45) is 1.73. The van der Waals surface area contributed by atoms with Crippen LogP contribution in [0.15, 0.2) is 36.5 Å². The van der Waals surface area contributed by atoms with Crippen LogP contribution >= 0.6 is 0 Å². The molecule has 0 spiro atoms. The van der Waals surface area contributed by atoms with Crippen LogP contribution in [0.3, 0.4) is 0 Å². The molecule has 0 bridgehead atoms. The lowest BCUT2D eigenvalue weighted by Crippen LogP contribution is -2.05. The first kappa shape index (κ1) is 14.5. The molecule has 106 valence electrons. The minimum atomic E-state index is -0.0246. The molecule has 1 heterocycles. The van der Waals surface area contributed by atoms with Crippen molar-refractivity contribution in [3.8, 4) is 11.6 Å². The summed E-state index contributed by atoms with van der Waals surface area (Å²) in [7, 11) is 0. The number of benzene rings is 1. The van der Waals surface area contributed by atoms with Crippen molar-refractivity contribution in [1.29, 1.82) is 0 Å². The molecule has 2 N–H and O–H groups in total. The highest BCUT2D eigenvalue weighted by atomic mass is 16.5. The average molecular weight is 270 g/mol. The van der Waals surface area contributed by atoms with Crippen LogP contribution in [-0.2, 0) is 0 Å². The molecule has 0 radical (unpaired) electrons. The van der Waals surface area contributed by atoms with E-state index in [2.05, 4.69) is 37.0 Å². The lowest BCUT2D eigenvalue weighted by Gasteiger charge is -2.13. The number of rotatable bonds is 4. The molecule has 0 aliphatic heterocycles. The first-order valence-electron chi connectivity index (χ1n) is 6.97. The predicted molar refractivity (Wildman–Crippen MR) is 82.2 cm³/mol. The van der Waals surface area contributed by atoms with Gasteiger partial charge in [-0.25, -0.2) is 4.98 Å². The maximum atomic E-state index is 5.92. The summed E-state index contributed by atoms with van der Waals surface area (Å²) in [6, 6.07) is 10.1. The van der Waals surface area contributed by atoms with Gasteiger partial charge in [0.05, 0.1) is 0 Å². The molecule has 0 saturated heterocycles. The minimum Gasteiger partial charge on any atom is -0.439 e. The highest BCUT2D eigenvalue weighted by molar-refractivity contribution is 5.40. The molecule has 1 aromatic carbocycles. The molecular weight excluding hydrogens is 248 g/mol. The van der Waals surface area contributed by atoms with Gasteiger partial charge in [-0.3, -0.25) is 0 Å². The second kappa shape index (κ2) is 6.06. The molecule has 20 heavy (non-hydrogen) atoms. The molecule has 0 aliphatic rings. The van der Waals surface area contributed by atoms with E-state index in [0.717, 1.165) is 16.9 Å². The Balaban J connectivity index is 2.29. The SMILES string of the molecule is Cc1ccc(C(C)C)cc1Oc1cc(C(C)N)ccn1. The number of pyridine rings is 1. The van der Waals surface area contributed by atoms with Gasteiger partial charge in [-0.15, -0.1) is 0 Å². The molecule has 1 unspecified atom stereocenters. The zero-order valence-electron chi connectivity index (χ0n) is 12.6. The van der Waals surface area contributed by atoms with Crippen molar-refractivity contribution >= 4 is 0 Å². The third-order valence-corrected chi connectivity index (χ3v) is 3.38. The predicted octanol–water partition coefficient (Wildman–Crippen LogP) is 4.33. The molecule has 3 heteroatoms. The lowest BCUT2D eigenvalue weighted by molar-refractivity contribution is 0.457. The summed E-state index contributed by atoms with van der Waals surface area (Å²) in [5, 5.41) is 0. The number of aromatic nitrogens is 1. The number of nitrogens with two attached hydrogens (primary N) is 1. The molecule has 0 amide bonds. The van der Waals surface area contributed by atoms with Crippen LogP contribution in [0.25, 0.3) is 0 Å². The first-order valence-corrected chi connectivity index (χ1v) is 6.97. The van der Waals surface area contributed by atoms with Crippen LogP contribution in [0.5, 0.6) is 11.6 Å². The summed E-state index contributed by atoms with van der Waals surface area (Å²) in [5.41, 5.74) is 9.27. The van der Waals surface area contributed by atoms with Crippen LogP contribution < -0.4 is 10.5 Å². The number of aryl methyl sites for hydroxylation is 1. The fourth-order valence-electron chi connectivity index (χ4n) is 1.96. The van der Waals surface area contributed by atoms with Gasteiger partial charge in [-0.05, 0) is 48.6 Å². The third-order valence-electron chi connectivity index (χ3n) is 3.38. The molecule has 2 aromatic rings. The van der Waals surface area contributed by atoms with Crippen LogP contribution in [0, 0.1) is 6.92 Å². The Kier molecular flexibility index (Phi) is 4.40. The van der Waals surface area contributed by atoms with E-state index in [9.17, 15) is 0 Å². The Hall–Kier alpha value is -1.87. The smallest absolute Gasteiger partial charge is 0.219 e. The second-order valence-corrected chi connectivity index (χ2v) is 5.50. The summed E-state index contributed by atoms with van der Waals surface area (Å²) >= 11 is 0. The Morgan fingerprint density at radius 3 is 2.45 bits per heavy atom. The van der Waals surface area contributed by atoms with E-state index in [1.54, 1.807) is 6.20 Å². The number of hydrogen-bond acceptors (Lipinski definition) is 3. The van der Waals surface area contributed by atoms with E-state index >= 15 is 0 Å². The molecule has 1 aromatic heterocycles.